The largest absolute Gasteiger partial charge is 0.394 e. The predicted octanol–water partition coefficient (Wildman–Crippen LogP) is 1.65. The molecule has 3 nitrogen and oxygen atoms in total. The van der Waals surface area contributed by atoms with Gasteiger partial charge in [-0.25, -0.2) is 4.98 Å². The summed E-state index contributed by atoms with van der Waals surface area (Å²) in [4.78, 5) is 3.65. The minimum absolute atomic E-state index is 0.00978. The van der Waals surface area contributed by atoms with Crippen molar-refractivity contribution in [1.82, 2.24) is 4.98 Å². The van der Waals surface area contributed by atoms with Gasteiger partial charge in [0.2, 0.25) is 5.95 Å². The minimum Gasteiger partial charge on any atom is -0.394 e. The zero-order chi connectivity index (χ0) is 10.6. The standard InChI is InChI=1S/C10H15FN2O/c1-7(2)8(6-14)12-10-5-3-4-9(11)13-10/h3-5,7-8,14H,6H2,1-2H3,(H,12,13)/t8-/m1/s1. The maximum absolute atomic E-state index is 12.7. The van der Waals surface area contributed by atoms with E-state index in [4.69, 9.17) is 5.11 Å². The second-order valence-corrected chi connectivity index (χ2v) is 3.52. The summed E-state index contributed by atoms with van der Waals surface area (Å²) < 4.78 is 12.7. The van der Waals surface area contributed by atoms with E-state index in [0.29, 0.717) is 5.82 Å². The third kappa shape index (κ3) is 2.96. The SMILES string of the molecule is CC(C)[C@@H](CO)Nc1cccc(F)n1. The number of pyridine rings is 1. The van der Waals surface area contributed by atoms with Gasteiger partial charge >= 0.3 is 0 Å². The van der Waals surface area contributed by atoms with E-state index in [-0.39, 0.29) is 18.6 Å². The second kappa shape index (κ2) is 4.91. The molecule has 0 saturated heterocycles. The molecule has 0 aliphatic carbocycles. The van der Waals surface area contributed by atoms with Gasteiger partial charge in [-0.2, -0.15) is 4.39 Å². The average molecular weight is 198 g/mol. The Balaban J connectivity index is 2.67. The molecule has 0 spiro atoms. The van der Waals surface area contributed by atoms with E-state index in [1.807, 2.05) is 13.8 Å². The maximum Gasteiger partial charge on any atom is 0.214 e. The fourth-order valence-corrected chi connectivity index (χ4v) is 1.10. The summed E-state index contributed by atoms with van der Waals surface area (Å²) in [7, 11) is 0. The highest BCUT2D eigenvalue weighted by atomic mass is 19.1. The lowest BCUT2D eigenvalue weighted by Crippen LogP contribution is -2.29. The molecular weight excluding hydrogens is 183 g/mol. The number of aliphatic hydroxyl groups excluding tert-OH is 1. The van der Waals surface area contributed by atoms with Crippen LogP contribution in [-0.4, -0.2) is 22.7 Å². The van der Waals surface area contributed by atoms with Crippen LogP contribution in [0.3, 0.4) is 0 Å². The summed E-state index contributed by atoms with van der Waals surface area (Å²) in [6, 6.07) is 4.45. The van der Waals surface area contributed by atoms with Gasteiger partial charge in [-0.3, -0.25) is 0 Å². The third-order valence-corrected chi connectivity index (χ3v) is 2.05. The highest BCUT2D eigenvalue weighted by Gasteiger charge is 2.12. The molecule has 1 aromatic rings. The Hall–Kier alpha value is -1.16. The summed E-state index contributed by atoms with van der Waals surface area (Å²) in [6.07, 6.45) is 0. The van der Waals surface area contributed by atoms with Crippen LogP contribution in [0.5, 0.6) is 0 Å². The van der Waals surface area contributed by atoms with E-state index in [1.54, 1.807) is 12.1 Å². The summed E-state index contributed by atoms with van der Waals surface area (Å²) in [5.41, 5.74) is 0. The Morgan fingerprint density at radius 1 is 1.50 bits per heavy atom. The lowest BCUT2D eigenvalue weighted by atomic mass is 10.1. The fraction of sp³-hybridized carbons (Fsp3) is 0.500. The molecule has 0 aliphatic heterocycles. The molecule has 0 aromatic carbocycles. The third-order valence-electron chi connectivity index (χ3n) is 2.05. The molecule has 0 bridgehead atoms. The van der Waals surface area contributed by atoms with Crippen LogP contribution >= 0.6 is 0 Å². The predicted molar refractivity (Wildman–Crippen MR) is 53.5 cm³/mol. The second-order valence-electron chi connectivity index (χ2n) is 3.52. The topological polar surface area (TPSA) is 45.1 Å². The van der Waals surface area contributed by atoms with E-state index in [9.17, 15) is 4.39 Å². The Morgan fingerprint density at radius 3 is 2.71 bits per heavy atom. The van der Waals surface area contributed by atoms with Gasteiger partial charge in [-0.15, -0.1) is 0 Å². The number of aromatic nitrogens is 1. The molecule has 1 rings (SSSR count). The molecule has 1 aromatic heterocycles. The van der Waals surface area contributed by atoms with E-state index < -0.39 is 5.95 Å². The van der Waals surface area contributed by atoms with Crippen LogP contribution in [0.15, 0.2) is 18.2 Å². The van der Waals surface area contributed by atoms with Crippen LogP contribution < -0.4 is 5.32 Å². The van der Waals surface area contributed by atoms with E-state index in [1.165, 1.54) is 6.07 Å². The number of nitrogens with zero attached hydrogens (tertiary/aromatic N) is 1. The summed E-state index contributed by atoms with van der Waals surface area (Å²) in [5.74, 6) is 0.207. The molecule has 0 amide bonds. The van der Waals surface area contributed by atoms with Crippen LogP contribution in [0, 0.1) is 11.9 Å². The molecule has 78 valence electrons. The van der Waals surface area contributed by atoms with Crippen molar-refractivity contribution in [2.75, 3.05) is 11.9 Å². The summed E-state index contributed by atoms with van der Waals surface area (Å²) in [6.45, 7) is 3.97. The van der Waals surface area contributed by atoms with Gasteiger partial charge < -0.3 is 10.4 Å². The first kappa shape index (κ1) is 10.9. The monoisotopic (exact) mass is 198 g/mol. The molecule has 0 radical (unpaired) electrons. The van der Waals surface area contributed by atoms with Crippen molar-refractivity contribution < 1.29 is 9.50 Å². The van der Waals surface area contributed by atoms with Crippen molar-refractivity contribution in [3.05, 3.63) is 24.1 Å². The highest BCUT2D eigenvalue weighted by molar-refractivity contribution is 5.34. The lowest BCUT2D eigenvalue weighted by Gasteiger charge is -2.20. The molecule has 14 heavy (non-hydrogen) atoms. The number of aliphatic hydroxyl groups is 1. The zero-order valence-electron chi connectivity index (χ0n) is 8.37. The number of hydrogen-bond acceptors (Lipinski definition) is 3. The fourth-order valence-electron chi connectivity index (χ4n) is 1.10. The molecule has 4 heteroatoms. The molecule has 0 fully saturated rings. The first-order valence-electron chi connectivity index (χ1n) is 4.63. The van der Waals surface area contributed by atoms with Crippen molar-refractivity contribution in [3.8, 4) is 0 Å². The average Bonchev–Trinajstić information content (AvgIpc) is 2.14. The normalized spacial score (nSPS) is 12.9. The molecule has 1 heterocycles. The smallest absolute Gasteiger partial charge is 0.214 e. The van der Waals surface area contributed by atoms with Gasteiger partial charge in [0.05, 0.1) is 12.6 Å². The van der Waals surface area contributed by atoms with Gasteiger partial charge in [0.1, 0.15) is 5.82 Å². The van der Waals surface area contributed by atoms with Crippen molar-refractivity contribution in [1.29, 1.82) is 0 Å². The highest BCUT2D eigenvalue weighted by Crippen LogP contribution is 2.10. The Morgan fingerprint density at radius 2 is 2.21 bits per heavy atom. The van der Waals surface area contributed by atoms with E-state index >= 15 is 0 Å². The first-order chi connectivity index (χ1) is 6.63. The van der Waals surface area contributed by atoms with E-state index in [0.717, 1.165) is 0 Å². The zero-order valence-corrected chi connectivity index (χ0v) is 8.37. The molecular formula is C10H15FN2O. The number of anilines is 1. The number of rotatable bonds is 4. The van der Waals surface area contributed by atoms with Crippen molar-refractivity contribution in [3.63, 3.8) is 0 Å². The number of nitrogens with one attached hydrogen (secondary N) is 1. The first-order valence-corrected chi connectivity index (χ1v) is 4.63. The lowest BCUT2D eigenvalue weighted by molar-refractivity contribution is 0.249. The van der Waals surface area contributed by atoms with Crippen molar-refractivity contribution >= 4 is 5.82 Å². The Kier molecular flexibility index (Phi) is 3.83. The molecule has 0 aliphatic rings. The van der Waals surface area contributed by atoms with E-state index in [2.05, 4.69) is 10.3 Å². The van der Waals surface area contributed by atoms with Gasteiger partial charge in [-0.05, 0) is 18.1 Å². The van der Waals surface area contributed by atoms with Crippen molar-refractivity contribution in [2.24, 2.45) is 5.92 Å². The van der Waals surface area contributed by atoms with Gasteiger partial charge in [-0.1, -0.05) is 19.9 Å². The molecule has 0 unspecified atom stereocenters. The summed E-state index contributed by atoms with van der Waals surface area (Å²) >= 11 is 0. The van der Waals surface area contributed by atoms with Gasteiger partial charge in [0.25, 0.3) is 0 Å². The van der Waals surface area contributed by atoms with Crippen LogP contribution in [0.1, 0.15) is 13.8 Å². The van der Waals surface area contributed by atoms with Crippen molar-refractivity contribution in [2.45, 2.75) is 19.9 Å². The summed E-state index contributed by atoms with van der Waals surface area (Å²) in [5, 5.41) is 12.0. The van der Waals surface area contributed by atoms with Crippen LogP contribution in [0.4, 0.5) is 10.2 Å². The Bertz CT molecular complexity index is 291. The number of halogens is 1. The molecule has 2 N–H and O–H groups in total. The quantitative estimate of drug-likeness (QED) is 0.723. The van der Waals surface area contributed by atoms with Crippen LogP contribution in [-0.2, 0) is 0 Å². The maximum atomic E-state index is 12.7. The van der Waals surface area contributed by atoms with Gasteiger partial charge in [0.15, 0.2) is 0 Å². The van der Waals surface area contributed by atoms with Gasteiger partial charge in [0, 0.05) is 0 Å². The number of hydrogen-bond donors (Lipinski definition) is 2. The van der Waals surface area contributed by atoms with Crippen LogP contribution in [0.25, 0.3) is 0 Å². The molecule has 1 atom stereocenters. The molecule has 0 saturated carbocycles. The minimum atomic E-state index is -0.518. The Labute approximate surface area is 83.0 Å². The van der Waals surface area contributed by atoms with Crippen LogP contribution in [0.2, 0.25) is 0 Å².